The topological polar surface area (TPSA) is 114 Å². The molecule has 1 aliphatic rings. The molecule has 8 nitrogen and oxygen atoms in total. The first kappa shape index (κ1) is 29.3. The molecule has 3 rings (SSSR count). The van der Waals surface area contributed by atoms with Gasteiger partial charge in [-0.2, -0.15) is 0 Å². The molecule has 0 aromatic heterocycles. The first-order valence-electron chi connectivity index (χ1n) is 12.6. The van der Waals surface area contributed by atoms with Crippen molar-refractivity contribution >= 4 is 29.3 Å². The highest BCUT2D eigenvalue weighted by atomic mass is 16.5. The van der Waals surface area contributed by atoms with Gasteiger partial charge in [-0.25, -0.2) is 4.79 Å². The van der Waals surface area contributed by atoms with E-state index in [-0.39, 0.29) is 24.9 Å². The van der Waals surface area contributed by atoms with Gasteiger partial charge >= 0.3 is 5.97 Å². The Kier molecular flexibility index (Phi) is 12.1. The fourth-order valence-electron chi connectivity index (χ4n) is 3.92. The van der Waals surface area contributed by atoms with Gasteiger partial charge in [-0.15, -0.1) is 0 Å². The van der Waals surface area contributed by atoms with Crippen LogP contribution in [0.25, 0.3) is 5.57 Å². The quantitative estimate of drug-likeness (QED) is 0.356. The maximum Gasteiger partial charge on any atom is 0.328 e. The van der Waals surface area contributed by atoms with Gasteiger partial charge in [0.1, 0.15) is 6.04 Å². The van der Waals surface area contributed by atoms with Gasteiger partial charge in [0.2, 0.25) is 11.8 Å². The van der Waals surface area contributed by atoms with E-state index in [4.69, 9.17) is 4.74 Å². The third-order valence-corrected chi connectivity index (χ3v) is 5.55. The van der Waals surface area contributed by atoms with E-state index in [1.807, 2.05) is 49.4 Å². The number of amides is 3. The number of methoxy groups -OCH3 is 1. The molecule has 2 aromatic carbocycles. The van der Waals surface area contributed by atoms with E-state index in [0.29, 0.717) is 23.1 Å². The second-order valence-corrected chi connectivity index (χ2v) is 8.72. The largest absolute Gasteiger partial charge is 0.467 e. The number of hydrogen-bond donors (Lipinski definition) is 3. The number of rotatable bonds is 9. The Hall–Kier alpha value is -3.94. The van der Waals surface area contributed by atoms with Crippen molar-refractivity contribution in [3.63, 3.8) is 0 Å². The molecule has 3 N–H and O–H groups in total. The van der Waals surface area contributed by atoms with Crippen molar-refractivity contribution in [3.05, 3.63) is 77.4 Å². The molecule has 2 atom stereocenters. The molecular weight excluding hydrogens is 470 g/mol. The van der Waals surface area contributed by atoms with Crippen LogP contribution in [-0.2, 0) is 25.5 Å². The predicted octanol–water partition coefficient (Wildman–Crippen LogP) is 3.42. The van der Waals surface area contributed by atoms with Gasteiger partial charge in [-0.1, -0.05) is 82.1 Å². The van der Waals surface area contributed by atoms with E-state index >= 15 is 0 Å². The number of carbonyl (C=O) groups is 4. The fourth-order valence-corrected chi connectivity index (χ4v) is 3.92. The van der Waals surface area contributed by atoms with Crippen LogP contribution in [0.3, 0.4) is 0 Å². The number of nitrogens with one attached hydrogen (secondary N) is 3. The van der Waals surface area contributed by atoms with Crippen molar-refractivity contribution < 1.29 is 23.9 Å². The van der Waals surface area contributed by atoms with Gasteiger partial charge in [0, 0.05) is 18.1 Å². The number of hydrogen-bond acceptors (Lipinski definition) is 5. The molecule has 2 aromatic rings. The molecule has 0 fully saturated rings. The first-order valence-corrected chi connectivity index (χ1v) is 12.6. The zero-order valence-corrected chi connectivity index (χ0v) is 22.0. The lowest BCUT2D eigenvalue weighted by Gasteiger charge is -2.28. The minimum atomic E-state index is -0.871. The zero-order chi connectivity index (χ0) is 27.2. The number of ether oxygens (including phenoxy) is 1. The molecule has 37 heavy (non-hydrogen) atoms. The Morgan fingerprint density at radius 3 is 2.24 bits per heavy atom. The summed E-state index contributed by atoms with van der Waals surface area (Å²) in [6.45, 7) is 5.94. The summed E-state index contributed by atoms with van der Waals surface area (Å²) in [5.74, 6) is -1.71. The molecule has 8 heteroatoms. The summed E-state index contributed by atoms with van der Waals surface area (Å²) < 4.78 is 4.80. The number of carbonyl (C=O) groups excluding carboxylic acids is 4. The third kappa shape index (κ3) is 8.90. The molecule has 1 unspecified atom stereocenters. The Morgan fingerprint density at radius 1 is 1.00 bits per heavy atom. The molecule has 0 radical (unpaired) electrons. The van der Waals surface area contributed by atoms with Crippen molar-refractivity contribution in [1.82, 2.24) is 16.0 Å². The van der Waals surface area contributed by atoms with Crippen LogP contribution in [0.15, 0.2) is 60.7 Å². The van der Waals surface area contributed by atoms with Crippen LogP contribution in [0.5, 0.6) is 0 Å². The van der Waals surface area contributed by atoms with E-state index in [0.717, 1.165) is 12.0 Å². The summed E-state index contributed by atoms with van der Waals surface area (Å²) in [6.07, 6.45) is 4.45. The predicted molar refractivity (Wildman–Crippen MR) is 144 cm³/mol. The van der Waals surface area contributed by atoms with Gasteiger partial charge in [0.05, 0.1) is 19.7 Å². The molecule has 0 saturated heterocycles. The lowest BCUT2D eigenvalue weighted by Crippen LogP contribution is -2.47. The van der Waals surface area contributed by atoms with Crippen molar-refractivity contribution in [2.45, 2.75) is 58.5 Å². The van der Waals surface area contributed by atoms with E-state index in [9.17, 15) is 19.2 Å². The lowest BCUT2D eigenvalue weighted by molar-refractivity contribution is -0.144. The second kappa shape index (κ2) is 15.2. The highest BCUT2D eigenvalue weighted by Gasteiger charge is 2.28. The molecule has 3 amide bonds. The molecule has 198 valence electrons. The molecule has 0 aliphatic carbocycles. The molecular formula is C29H37N3O5. The van der Waals surface area contributed by atoms with Crippen LogP contribution in [0, 0.1) is 0 Å². The SMILES string of the molecule is CCC.CCC[C@@H]1NC(=O)c2ccccc2/C1=C/C(=O)NCC(=O)NC(Cc1ccccc1)C(=O)OC. The summed E-state index contributed by atoms with van der Waals surface area (Å²) in [7, 11) is 1.26. The Balaban J connectivity index is 0.00000153. The lowest BCUT2D eigenvalue weighted by atomic mass is 9.87. The Labute approximate surface area is 218 Å². The molecule has 1 aliphatic heterocycles. The van der Waals surface area contributed by atoms with Crippen LogP contribution in [0.2, 0.25) is 0 Å². The molecule has 0 saturated carbocycles. The summed E-state index contributed by atoms with van der Waals surface area (Å²) in [6, 6.07) is 15.2. The highest BCUT2D eigenvalue weighted by molar-refractivity contribution is 6.07. The maximum absolute atomic E-state index is 12.7. The zero-order valence-electron chi connectivity index (χ0n) is 22.0. The maximum atomic E-state index is 12.7. The number of fused-ring (bicyclic) bond motifs is 1. The Morgan fingerprint density at radius 2 is 1.62 bits per heavy atom. The number of benzene rings is 2. The van der Waals surface area contributed by atoms with E-state index < -0.39 is 23.8 Å². The summed E-state index contributed by atoms with van der Waals surface area (Å²) >= 11 is 0. The van der Waals surface area contributed by atoms with Crippen molar-refractivity contribution in [1.29, 1.82) is 0 Å². The molecule has 1 heterocycles. The van der Waals surface area contributed by atoms with Crippen molar-refractivity contribution in [2.75, 3.05) is 13.7 Å². The normalized spacial score (nSPS) is 15.8. The summed E-state index contributed by atoms with van der Waals surface area (Å²) in [5.41, 5.74) is 2.78. The minimum absolute atomic E-state index is 0.168. The smallest absolute Gasteiger partial charge is 0.328 e. The van der Waals surface area contributed by atoms with E-state index in [1.165, 1.54) is 19.6 Å². The van der Waals surface area contributed by atoms with Crippen molar-refractivity contribution in [2.24, 2.45) is 0 Å². The van der Waals surface area contributed by atoms with Gasteiger partial charge in [-0.05, 0) is 29.2 Å². The molecule has 0 spiro atoms. The monoisotopic (exact) mass is 507 g/mol. The van der Waals surface area contributed by atoms with E-state index in [2.05, 4.69) is 29.8 Å². The highest BCUT2D eigenvalue weighted by Crippen LogP contribution is 2.29. The third-order valence-electron chi connectivity index (χ3n) is 5.55. The fraction of sp³-hybridized carbons (Fsp3) is 0.379. The van der Waals surface area contributed by atoms with E-state index in [1.54, 1.807) is 12.1 Å². The van der Waals surface area contributed by atoms with Crippen LogP contribution in [0.1, 0.15) is 61.5 Å². The van der Waals surface area contributed by atoms with Crippen LogP contribution in [-0.4, -0.2) is 49.4 Å². The van der Waals surface area contributed by atoms with Crippen molar-refractivity contribution in [3.8, 4) is 0 Å². The van der Waals surface area contributed by atoms with Gasteiger partial charge < -0.3 is 20.7 Å². The average molecular weight is 508 g/mol. The van der Waals surface area contributed by atoms with Crippen LogP contribution in [0.4, 0.5) is 0 Å². The molecule has 0 bridgehead atoms. The first-order chi connectivity index (χ1) is 17.8. The van der Waals surface area contributed by atoms with Gasteiger partial charge in [-0.3, -0.25) is 14.4 Å². The van der Waals surface area contributed by atoms with Crippen LogP contribution < -0.4 is 16.0 Å². The minimum Gasteiger partial charge on any atom is -0.467 e. The van der Waals surface area contributed by atoms with Gasteiger partial charge in [0.15, 0.2) is 0 Å². The summed E-state index contributed by atoms with van der Waals surface area (Å²) in [4.78, 5) is 49.6. The number of esters is 1. The summed E-state index contributed by atoms with van der Waals surface area (Å²) in [5, 5.41) is 8.13. The Bertz CT molecular complexity index is 1100. The second-order valence-electron chi connectivity index (χ2n) is 8.72. The average Bonchev–Trinajstić information content (AvgIpc) is 2.90. The standard InChI is InChI=1S/C26H29N3O5.C3H8/c1-3-9-21-20(18-12-7-8-13-19(18)25(32)29-21)15-23(30)27-16-24(31)28-22(26(33)34-2)14-17-10-5-4-6-11-17;1-3-2/h4-8,10-13,15,21-22H,3,9,14,16H2,1-2H3,(H,27,30)(H,28,31)(H,29,32);3H2,1-2H3/b20-15-;/t21-,22?;/m0./s1. The van der Waals surface area contributed by atoms with Gasteiger partial charge in [0.25, 0.3) is 5.91 Å². The van der Waals surface area contributed by atoms with Crippen LogP contribution >= 0.6 is 0 Å².